The Bertz CT molecular complexity index is 2110. The van der Waals surface area contributed by atoms with Gasteiger partial charge in [-0.3, -0.25) is 0 Å². The average Bonchev–Trinajstić information content (AvgIpc) is 3.56. The van der Waals surface area contributed by atoms with Crippen molar-refractivity contribution in [1.29, 1.82) is 0 Å². The van der Waals surface area contributed by atoms with Gasteiger partial charge in [-0.05, 0) is 103 Å². The highest BCUT2D eigenvalue weighted by molar-refractivity contribution is 5.73. The van der Waals surface area contributed by atoms with E-state index in [1.54, 1.807) is 5.57 Å². The third-order valence-electron chi connectivity index (χ3n) is 12.1. The summed E-state index contributed by atoms with van der Waals surface area (Å²) in [5, 5.41) is 0. The summed E-state index contributed by atoms with van der Waals surface area (Å²) in [6.45, 7) is 11.7. The summed E-state index contributed by atoms with van der Waals surface area (Å²) >= 11 is 0. The van der Waals surface area contributed by atoms with Crippen molar-refractivity contribution in [3.05, 3.63) is 231 Å². The molecule has 2 nitrogen and oxygen atoms in total. The zero-order valence-electron chi connectivity index (χ0n) is 33.8. The Morgan fingerprint density at radius 3 is 1.62 bits per heavy atom. The third kappa shape index (κ3) is 7.26. The lowest BCUT2D eigenvalue weighted by molar-refractivity contribution is 0.362. The number of hydrogen-bond donors (Lipinski definition) is 0. The van der Waals surface area contributed by atoms with Crippen LogP contribution in [0.4, 0.5) is 5.69 Å². The molecule has 0 aromatic heterocycles. The summed E-state index contributed by atoms with van der Waals surface area (Å²) in [4.78, 5) is 5.25. The van der Waals surface area contributed by atoms with E-state index < -0.39 is 0 Å². The van der Waals surface area contributed by atoms with Crippen LogP contribution in [0, 0.1) is 12.8 Å². The van der Waals surface area contributed by atoms with E-state index >= 15 is 0 Å². The van der Waals surface area contributed by atoms with Crippen LogP contribution in [-0.4, -0.2) is 11.1 Å². The van der Waals surface area contributed by atoms with E-state index in [1.165, 1.54) is 92.9 Å². The van der Waals surface area contributed by atoms with Gasteiger partial charge in [0, 0.05) is 23.7 Å². The van der Waals surface area contributed by atoms with Crippen LogP contribution < -0.4 is 4.90 Å². The fourth-order valence-electron chi connectivity index (χ4n) is 9.85. The minimum absolute atomic E-state index is 0.0337. The summed E-state index contributed by atoms with van der Waals surface area (Å²) in [5.74, 6) is 0.594. The highest BCUT2D eigenvalue weighted by Gasteiger charge is 2.39. The largest absolute Gasteiger partial charge is 0.324 e. The second-order valence-electron chi connectivity index (χ2n) is 16.0. The van der Waals surface area contributed by atoms with Gasteiger partial charge in [0.15, 0.2) is 0 Å². The molecule has 56 heavy (non-hydrogen) atoms. The van der Waals surface area contributed by atoms with Crippen molar-refractivity contribution in [2.24, 2.45) is 5.92 Å². The Balaban J connectivity index is 1.36. The predicted molar refractivity (Wildman–Crippen MR) is 237 cm³/mol. The van der Waals surface area contributed by atoms with Gasteiger partial charge in [-0.2, -0.15) is 0 Å². The van der Waals surface area contributed by atoms with Gasteiger partial charge in [-0.15, -0.1) is 0 Å². The molecule has 0 radical (unpaired) electrons. The van der Waals surface area contributed by atoms with Crippen molar-refractivity contribution in [2.75, 3.05) is 4.90 Å². The van der Waals surface area contributed by atoms with Crippen LogP contribution in [0.15, 0.2) is 192 Å². The van der Waals surface area contributed by atoms with E-state index in [9.17, 15) is 0 Å². The van der Waals surface area contributed by atoms with Crippen LogP contribution >= 0.6 is 0 Å². The summed E-state index contributed by atoms with van der Waals surface area (Å²) in [6.07, 6.45) is 17.9. The summed E-state index contributed by atoms with van der Waals surface area (Å²) < 4.78 is 0. The zero-order valence-corrected chi connectivity index (χ0v) is 33.8. The molecule has 2 heteroatoms. The average molecular weight is 733 g/mol. The Morgan fingerprint density at radius 1 is 0.661 bits per heavy atom. The Labute approximate surface area is 335 Å². The van der Waals surface area contributed by atoms with Crippen molar-refractivity contribution in [3.8, 4) is 0 Å². The number of fused-ring (bicyclic) bond motifs is 1. The summed E-state index contributed by atoms with van der Waals surface area (Å²) in [6, 6.07) is 49.4. The van der Waals surface area contributed by atoms with E-state index in [2.05, 4.69) is 208 Å². The molecule has 8 rings (SSSR count). The van der Waals surface area contributed by atoms with Crippen molar-refractivity contribution in [2.45, 2.75) is 84.7 Å². The first-order valence-corrected chi connectivity index (χ1v) is 20.9. The molecule has 0 saturated heterocycles. The first-order valence-electron chi connectivity index (χ1n) is 20.9. The van der Waals surface area contributed by atoms with Crippen molar-refractivity contribution < 1.29 is 0 Å². The molecule has 0 bridgehead atoms. The molecule has 1 aliphatic carbocycles. The van der Waals surface area contributed by atoms with E-state index in [1.807, 2.05) is 0 Å². The minimum Gasteiger partial charge on any atom is -0.324 e. The number of benzene rings is 5. The molecule has 0 fully saturated rings. The maximum Gasteiger partial charge on any atom is 0.108 e. The first-order chi connectivity index (χ1) is 27.5. The van der Waals surface area contributed by atoms with Gasteiger partial charge >= 0.3 is 0 Å². The fourth-order valence-corrected chi connectivity index (χ4v) is 9.85. The van der Waals surface area contributed by atoms with Gasteiger partial charge in [0.2, 0.25) is 0 Å². The van der Waals surface area contributed by atoms with E-state index in [-0.39, 0.29) is 18.0 Å². The quantitative estimate of drug-likeness (QED) is 0.118. The molecular formula is C54H56N2. The maximum absolute atomic E-state index is 2.63. The lowest BCUT2D eigenvalue weighted by atomic mass is 9.77. The van der Waals surface area contributed by atoms with Crippen molar-refractivity contribution in [3.63, 3.8) is 0 Å². The summed E-state index contributed by atoms with van der Waals surface area (Å²) in [7, 11) is 0. The molecule has 5 aromatic carbocycles. The third-order valence-corrected chi connectivity index (χ3v) is 12.1. The topological polar surface area (TPSA) is 6.48 Å². The van der Waals surface area contributed by atoms with Crippen molar-refractivity contribution >= 4 is 5.69 Å². The van der Waals surface area contributed by atoms with E-state index in [0.29, 0.717) is 5.92 Å². The first kappa shape index (κ1) is 37.3. The lowest BCUT2D eigenvalue weighted by Gasteiger charge is -2.40. The van der Waals surface area contributed by atoms with Crippen LogP contribution in [0.2, 0.25) is 0 Å². The minimum atomic E-state index is 0.0337. The number of aryl methyl sites for hydroxylation is 1. The number of rotatable bonds is 12. The molecule has 0 N–H and O–H groups in total. The number of allylic oxidation sites excluding steroid dienone is 7. The number of anilines is 1. The Kier molecular flexibility index (Phi) is 11.1. The molecule has 0 amide bonds. The van der Waals surface area contributed by atoms with Gasteiger partial charge < -0.3 is 9.80 Å². The normalized spacial score (nSPS) is 18.0. The molecule has 2 atom stereocenters. The molecule has 2 aliphatic heterocycles. The molecular weight excluding hydrogens is 677 g/mol. The van der Waals surface area contributed by atoms with Gasteiger partial charge in [0.1, 0.15) is 6.17 Å². The lowest BCUT2D eigenvalue weighted by Crippen LogP contribution is -2.39. The van der Waals surface area contributed by atoms with Crippen molar-refractivity contribution in [1.82, 2.24) is 4.90 Å². The Morgan fingerprint density at radius 2 is 1.16 bits per heavy atom. The predicted octanol–water partition coefficient (Wildman–Crippen LogP) is 14.0. The monoisotopic (exact) mass is 732 g/mol. The molecule has 3 aliphatic rings. The van der Waals surface area contributed by atoms with Crippen LogP contribution in [-0.2, 0) is 0 Å². The fraction of sp³-hybridized carbons (Fsp3) is 0.259. The van der Waals surface area contributed by atoms with E-state index in [0.717, 1.165) is 6.42 Å². The molecule has 2 heterocycles. The van der Waals surface area contributed by atoms with Gasteiger partial charge in [0.25, 0.3) is 0 Å². The SMILES string of the molecule is CCCC1=CC(C)=C(C2=CC=CC3=CN(c4c(C(c5ccccc5)c5ccccc5)cc(C)cc4C(c4ccccc4)c4ccccc4)C(C)N32)[C@H](CCC)C1. The zero-order chi connectivity index (χ0) is 38.6. The molecule has 5 aromatic rings. The smallest absolute Gasteiger partial charge is 0.108 e. The Hall–Kier alpha value is -5.60. The van der Waals surface area contributed by atoms with Crippen LogP contribution in [0.5, 0.6) is 0 Å². The van der Waals surface area contributed by atoms with Gasteiger partial charge in [-0.25, -0.2) is 0 Å². The standard InChI is InChI=1S/C54H56N2/c1-6-21-41-35-39(4)51(46(36-41)22-7-2)50-32-20-31-47-37-55(40(5)56(47)50)54-48(52(42-23-12-8-13-24-42)43-25-14-9-15-26-43)33-38(3)34-49(54)53(44-27-16-10-17-28-44)45-29-18-11-19-30-45/h8-20,23-35,37,40,46,52-53H,6-7,21-22,36H2,1-5H3/t40?,46-/m1/s1. The van der Waals surface area contributed by atoms with E-state index in [4.69, 9.17) is 0 Å². The van der Waals surface area contributed by atoms with Crippen LogP contribution in [0.25, 0.3) is 0 Å². The molecule has 0 saturated carbocycles. The van der Waals surface area contributed by atoms with Gasteiger partial charge in [-0.1, -0.05) is 183 Å². The second-order valence-corrected chi connectivity index (χ2v) is 16.0. The highest BCUT2D eigenvalue weighted by atomic mass is 15.4. The number of nitrogens with zero attached hydrogens (tertiary/aromatic N) is 2. The van der Waals surface area contributed by atoms with Crippen LogP contribution in [0.1, 0.15) is 111 Å². The molecule has 282 valence electrons. The van der Waals surface area contributed by atoms with Crippen LogP contribution in [0.3, 0.4) is 0 Å². The molecule has 1 unspecified atom stereocenters. The highest BCUT2D eigenvalue weighted by Crippen LogP contribution is 2.50. The maximum atomic E-state index is 2.63. The summed E-state index contributed by atoms with van der Waals surface area (Å²) in [5.41, 5.74) is 17.6. The number of hydrogen-bond acceptors (Lipinski definition) is 2. The second kappa shape index (κ2) is 16.6. The molecule has 0 spiro atoms. The van der Waals surface area contributed by atoms with Gasteiger partial charge in [0.05, 0.1) is 11.4 Å².